The topological polar surface area (TPSA) is 74.6 Å². The number of hydrogen-bond donors (Lipinski definition) is 0. The molecule has 4 heterocycles. The zero-order valence-electron chi connectivity index (χ0n) is 14.6. The Morgan fingerprint density at radius 3 is 2.56 bits per heavy atom. The number of pyridine rings is 1. The Kier molecular flexibility index (Phi) is 3.33. The van der Waals surface area contributed by atoms with Crippen molar-refractivity contribution < 1.29 is 9.18 Å². The summed E-state index contributed by atoms with van der Waals surface area (Å²) in [6.07, 6.45) is 0. The molecule has 2 aliphatic rings. The van der Waals surface area contributed by atoms with E-state index in [2.05, 4.69) is 9.97 Å². The number of hydrogen-bond acceptors (Lipinski definition) is 6. The number of halogens is 1. The zero-order valence-corrected chi connectivity index (χ0v) is 14.6. The van der Waals surface area contributed by atoms with Gasteiger partial charge in [-0.05, 0) is 14.0 Å². The normalized spacial score (nSPS) is 20.8. The molecule has 9 heteroatoms. The van der Waals surface area contributed by atoms with Crippen LogP contribution in [-0.2, 0) is 11.8 Å². The van der Waals surface area contributed by atoms with E-state index in [-0.39, 0.29) is 17.3 Å². The van der Waals surface area contributed by atoms with Crippen LogP contribution >= 0.6 is 0 Å². The Labute approximate surface area is 143 Å². The van der Waals surface area contributed by atoms with E-state index in [4.69, 9.17) is 0 Å². The molecule has 0 radical (unpaired) electrons. The summed E-state index contributed by atoms with van der Waals surface area (Å²) in [5.41, 5.74) is 0.152. The molecule has 0 spiro atoms. The maximum atomic E-state index is 14.9. The highest BCUT2D eigenvalue weighted by Gasteiger charge is 2.40. The molecule has 0 bridgehead atoms. The highest BCUT2D eigenvalue weighted by atomic mass is 19.1. The molecule has 0 aromatic carbocycles. The first-order valence-corrected chi connectivity index (χ1v) is 8.11. The molecular formula is C16H19FN6O2. The number of fused-ring (bicyclic) bond motifs is 2. The fourth-order valence-corrected chi connectivity index (χ4v) is 3.65. The van der Waals surface area contributed by atoms with Crippen LogP contribution in [-0.4, -0.2) is 65.1 Å². The van der Waals surface area contributed by atoms with Crippen molar-refractivity contribution in [2.24, 2.45) is 7.05 Å². The van der Waals surface area contributed by atoms with E-state index < -0.39 is 17.5 Å². The monoisotopic (exact) mass is 346 g/mol. The van der Waals surface area contributed by atoms with Crippen molar-refractivity contribution in [1.29, 1.82) is 0 Å². The van der Waals surface area contributed by atoms with Gasteiger partial charge >= 0.3 is 5.69 Å². The fourth-order valence-electron chi connectivity index (χ4n) is 3.65. The maximum absolute atomic E-state index is 14.9. The molecule has 0 N–H and O–H groups in total. The largest absolute Gasteiger partial charge is 0.350 e. The maximum Gasteiger partial charge on any atom is 0.350 e. The Morgan fingerprint density at radius 2 is 1.84 bits per heavy atom. The molecule has 25 heavy (non-hydrogen) atoms. The highest BCUT2D eigenvalue weighted by Crippen LogP contribution is 2.39. The summed E-state index contributed by atoms with van der Waals surface area (Å²) in [4.78, 5) is 39.0. The van der Waals surface area contributed by atoms with E-state index in [0.717, 1.165) is 6.54 Å². The smallest absolute Gasteiger partial charge is 0.341 e. The number of nitrogens with zero attached hydrogens (tertiary/aromatic N) is 6. The third kappa shape index (κ3) is 2.08. The van der Waals surface area contributed by atoms with Crippen LogP contribution in [0.3, 0.4) is 0 Å². The van der Waals surface area contributed by atoms with Crippen molar-refractivity contribution in [2.45, 2.75) is 13.0 Å². The van der Waals surface area contributed by atoms with Gasteiger partial charge < -0.3 is 14.7 Å². The molecule has 2 aromatic heterocycles. The number of piperazine rings is 1. The molecular weight excluding hydrogens is 327 g/mol. The average molecular weight is 346 g/mol. The molecule has 1 unspecified atom stereocenters. The SMILES string of the molecule is Cc1nc2c3c(nc(=O)n2C)N2CCN(C)CC2C(=O)N(C)c3c1F. The van der Waals surface area contributed by atoms with Gasteiger partial charge in [-0.2, -0.15) is 4.98 Å². The standard InChI is InChI=1S/C16H19FN6O2/c1-8-11(17)12-10-13(18-8)22(4)16(25)19-14(10)23-6-5-20(2)7-9(23)15(24)21(12)3/h9H,5-7H2,1-4H3. The fraction of sp³-hybridized carbons (Fsp3) is 0.500. The van der Waals surface area contributed by atoms with Gasteiger partial charge in [-0.15, -0.1) is 0 Å². The second-order valence-corrected chi connectivity index (χ2v) is 6.70. The van der Waals surface area contributed by atoms with Gasteiger partial charge in [0.15, 0.2) is 5.82 Å². The molecule has 1 fully saturated rings. The summed E-state index contributed by atoms with van der Waals surface area (Å²) in [6, 6.07) is -0.515. The van der Waals surface area contributed by atoms with Crippen molar-refractivity contribution in [3.05, 3.63) is 22.0 Å². The quantitative estimate of drug-likeness (QED) is 0.662. The molecule has 1 atom stereocenters. The third-order valence-electron chi connectivity index (χ3n) is 5.10. The van der Waals surface area contributed by atoms with E-state index in [1.54, 1.807) is 14.1 Å². The van der Waals surface area contributed by atoms with E-state index in [1.807, 2.05) is 16.8 Å². The van der Waals surface area contributed by atoms with Crippen LogP contribution in [0.15, 0.2) is 4.79 Å². The van der Waals surface area contributed by atoms with E-state index in [0.29, 0.717) is 29.9 Å². The lowest BCUT2D eigenvalue weighted by Gasteiger charge is -2.39. The summed E-state index contributed by atoms with van der Waals surface area (Å²) >= 11 is 0. The Morgan fingerprint density at radius 1 is 1.12 bits per heavy atom. The minimum Gasteiger partial charge on any atom is -0.341 e. The van der Waals surface area contributed by atoms with Gasteiger partial charge in [0.25, 0.3) is 5.91 Å². The number of rotatable bonds is 0. The molecule has 1 saturated heterocycles. The van der Waals surface area contributed by atoms with Crippen molar-refractivity contribution >= 4 is 28.4 Å². The lowest BCUT2D eigenvalue weighted by Crippen LogP contribution is -2.58. The van der Waals surface area contributed by atoms with Gasteiger partial charge in [0.05, 0.1) is 16.8 Å². The van der Waals surface area contributed by atoms with Gasteiger partial charge in [0.1, 0.15) is 17.5 Å². The predicted molar refractivity (Wildman–Crippen MR) is 91.5 cm³/mol. The summed E-state index contributed by atoms with van der Waals surface area (Å²) in [5, 5.41) is 0.410. The van der Waals surface area contributed by atoms with Crippen molar-refractivity contribution in [1.82, 2.24) is 19.4 Å². The number of carbonyl (C=O) groups excluding carboxylic acids is 1. The van der Waals surface area contributed by atoms with Crippen molar-refractivity contribution in [3.8, 4) is 0 Å². The van der Waals surface area contributed by atoms with Crippen LogP contribution in [0.5, 0.6) is 0 Å². The van der Waals surface area contributed by atoms with Crippen LogP contribution < -0.4 is 15.5 Å². The van der Waals surface area contributed by atoms with Gasteiger partial charge in [-0.25, -0.2) is 14.2 Å². The van der Waals surface area contributed by atoms with Gasteiger partial charge in [0, 0.05) is 33.7 Å². The first-order valence-electron chi connectivity index (χ1n) is 8.11. The van der Waals surface area contributed by atoms with Crippen molar-refractivity contribution in [2.75, 3.05) is 43.5 Å². The van der Waals surface area contributed by atoms with Crippen LogP contribution in [0, 0.1) is 12.7 Å². The molecule has 1 amide bonds. The van der Waals surface area contributed by atoms with Gasteiger partial charge in [-0.3, -0.25) is 9.36 Å². The van der Waals surface area contributed by atoms with Gasteiger partial charge in [0.2, 0.25) is 0 Å². The summed E-state index contributed by atoms with van der Waals surface area (Å²) in [6.45, 7) is 3.28. The summed E-state index contributed by atoms with van der Waals surface area (Å²) in [5.74, 6) is -0.431. The van der Waals surface area contributed by atoms with Crippen LogP contribution in [0.4, 0.5) is 15.9 Å². The third-order valence-corrected chi connectivity index (χ3v) is 5.10. The number of carbonyl (C=O) groups is 1. The second-order valence-electron chi connectivity index (χ2n) is 6.70. The molecule has 8 nitrogen and oxygen atoms in total. The van der Waals surface area contributed by atoms with Crippen LogP contribution in [0.25, 0.3) is 11.0 Å². The summed E-state index contributed by atoms with van der Waals surface area (Å²) < 4.78 is 16.2. The molecule has 2 aliphatic heterocycles. The molecule has 132 valence electrons. The number of amides is 1. The van der Waals surface area contributed by atoms with Crippen LogP contribution in [0.2, 0.25) is 0 Å². The Bertz CT molecular complexity index is 971. The second kappa shape index (κ2) is 5.22. The predicted octanol–water partition coefficient (Wildman–Crippen LogP) is -0.127. The molecule has 0 saturated carbocycles. The lowest BCUT2D eigenvalue weighted by molar-refractivity contribution is -0.120. The molecule has 2 aromatic rings. The zero-order chi connectivity index (χ0) is 18.0. The summed E-state index contributed by atoms with van der Waals surface area (Å²) in [7, 11) is 5.05. The molecule has 0 aliphatic carbocycles. The average Bonchev–Trinajstić information content (AvgIpc) is 2.66. The number of anilines is 2. The number of aryl methyl sites for hydroxylation is 2. The Hall–Kier alpha value is -2.55. The van der Waals surface area contributed by atoms with Gasteiger partial charge in [-0.1, -0.05) is 0 Å². The number of aromatic nitrogens is 3. The van der Waals surface area contributed by atoms with E-state index in [1.165, 1.54) is 16.4 Å². The van der Waals surface area contributed by atoms with Crippen molar-refractivity contribution in [3.63, 3.8) is 0 Å². The van der Waals surface area contributed by atoms with Crippen LogP contribution in [0.1, 0.15) is 5.69 Å². The first kappa shape index (κ1) is 15.9. The van der Waals surface area contributed by atoms with E-state index in [9.17, 15) is 14.0 Å². The van der Waals surface area contributed by atoms with E-state index >= 15 is 0 Å². The molecule has 4 rings (SSSR count). The Balaban J connectivity index is 2.15. The minimum absolute atomic E-state index is 0.141. The minimum atomic E-state index is -0.557. The first-order chi connectivity index (χ1) is 11.8. The highest BCUT2D eigenvalue weighted by molar-refractivity contribution is 6.11. The number of likely N-dealkylation sites (N-methyl/N-ethyl adjacent to an activating group) is 2. The lowest BCUT2D eigenvalue weighted by atomic mass is 10.1.